The van der Waals surface area contributed by atoms with Gasteiger partial charge in [0.05, 0.1) is 11.6 Å². The molecule has 0 spiro atoms. The van der Waals surface area contributed by atoms with Crippen molar-refractivity contribution in [1.29, 1.82) is 0 Å². The number of ether oxygens (including phenoxy) is 1. The molecule has 0 amide bonds. The van der Waals surface area contributed by atoms with Crippen molar-refractivity contribution in [3.8, 4) is 5.75 Å². The lowest BCUT2D eigenvalue weighted by atomic mass is 10.3. The molecule has 0 saturated carbocycles. The van der Waals surface area contributed by atoms with Gasteiger partial charge in [0.25, 0.3) is 0 Å². The largest absolute Gasteiger partial charge is 0.493 e. The Morgan fingerprint density at radius 2 is 1.89 bits per heavy atom. The third-order valence-electron chi connectivity index (χ3n) is 2.38. The van der Waals surface area contributed by atoms with Gasteiger partial charge in [-0.15, -0.1) is 11.8 Å². The molecule has 0 aromatic heterocycles. The maximum absolute atomic E-state index is 6.10. The number of rotatable bonds is 5. The van der Waals surface area contributed by atoms with Gasteiger partial charge in [-0.1, -0.05) is 27.5 Å². The average molecular weight is 359 g/mol. The van der Waals surface area contributed by atoms with Gasteiger partial charge in [0, 0.05) is 20.8 Å². The number of halogens is 2. The number of hydrogen-bond donors (Lipinski definition) is 1. The van der Waals surface area contributed by atoms with Crippen molar-refractivity contribution in [2.45, 2.75) is 4.90 Å². The van der Waals surface area contributed by atoms with Gasteiger partial charge < -0.3 is 10.5 Å². The molecule has 2 aromatic carbocycles. The third kappa shape index (κ3) is 4.64. The van der Waals surface area contributed by atoms with Crippen LogP contribution in [0.1, 0.15) is 0 Å². The van der Waals surface area contributed by atoms with Gasteiger partial charge in [0.1, 0.15) is 5.75 Å². The highest BCUT2D eigenvalue weighted by atomic mass is 79.9. The lowest BCUT2D eigenvalue weighted by Crippen LogP contribution is -2.00. The van der Waals surface area contributed by atoms with E-state index in [-0.39, 0.29) is 0 Å². The number of anilines is 1. The topological polar surface area (TPSA) is 35.2 Å². The third-order valence-corrected chi connectivity index (χ3v) is 4.37. The predicted molar refractivity (Wildman–Crippen MR) is 86.2 cm³/mol. The van der Waals surface area contributed by atoms with Crippen LogP contribution in [-0.4, -0.2) is 12.4 Å². The lowest BCUT2D eigenvalue weighted by molar-refractivity contribution is 0.344. The standard InChI is InChI=1S/C14H13BrClNOS/c15-10-1-4-12(5-2-10)18-7-8-19-14-6-3-11(17)9-13(14)16/h1-6,9H,7-8,17H2. The van der Waals surface area contributed by atoms with E-state index in [4.69, 9.17) is 22.1 Å². The second-order valence-electron chi connectivity index (χ2n) is 3.84. The number of benzene rings is 2. The first-order valence-electron chi connectivity index (χ1n) is 5.71. The molecule has 0 aliphatic heterocycles. The highest BCUT2D eigenvalue weighted by Gasteiger charge is 2.01. The van der Waals surface area contributed by atoms with E-state index in [1.54, 1.807) is 17.8 Å². The second-order valence-corrected chi connectivity index (χ2v) is 6.30. The van der Waals surface area contributed by atoms with Crippen molar-refractivity contribution in [2.75, 3.05) is 18.1 Å². The molecule has 100 valence electrons. The Morgan fingerprint density at radius 1 is 1.16 bits per heavy atom. The van der Waals surface area contributed by atoms with E-state index in [9.17, 15) is 0 Å². The molecule has 0 atom stereocenters. The summed E-state index contributed by atoms with van der Waals surface area (Å²) in [5, 5.41) is 0.689. The number of thioether (sulfide) groups is 1. The summed E-state index contributed by atoms with van der Waals surface area (Å²) in [7, 11) is 0. The van der Waals surface area contributed by atoms with Crippen LogP contribution in [0.2, 0.25) is 5.02 Å². The number of nitrogen functional groups attached to an aromatic ring is 1. The Balaban J connectivity index is 1.79. The number of nitrogens with two attached hydrogens (primary N) is 1. The van der Waals surface area contributed by atoms with Gasteiger partial charge in [-0.25, -0.2) is 0 Å². The van der Waals surface area contributed by atoms with E-state index in [0.717, 1.165) is 20.9 Å². The van der Waals surface area contributed by atoms with E-state index in [0.29, 0.717) is 17.3 Å². The van der Waals surface area contributed by atoms with Crippen LogP contribution in [-0.2, 0) is 0 Å². The average Bonchev–Trinajstić information content (AvgIpc) is 2.39. The lowest BCUT2D eigenvalue weighted by Gasteiger charge is -2.07. The molecule has 0 fully saturated rings. The predicted octanol–water partition coefficient (Wildman–Crippen LogP) is 4.86. The molecule has 2 rings (SSSR count). The summed E-state index contributed by atoms with van der Waals surface area (Å²) in [5.41, 5.74) is 6.33. The molecule has 0 unspecified atom stereocenters. The van der Waals surface area contributed by atoms with Gasteiger partial charge in [-0.05, 0) is 42.5 Å². The van der Waals surface area contributed by atoms with Crippen molar-refractivity contribution >= 4 is 45.0 Å². The molecule has 0 aliphatic carbocycles. The monoisotopic (exact) mass is 357 g/mol. The molecule has 0 aliphatic rings. The second kappa shape index (κ2) is 7.08. The summed E-state index contributed by atoms with van der Waals surface area (Å²) in [6.07, 6.45) is 0. The highest BCUT2D eigenvalue weighted by molar-refractivity contribution is 9.10. The molecule has 0 bridgehead atoms. The maximum atomic E-state index is 6.10. The highest BCUT2D eigenvalue weighted by Crippen LogP contribution is 2.28. The molecule has 0 radical (unpaired) electrons. The first kappa shape index (κ1) is 14.6. The molecule has 2 aromatic rings. The van der Waals surface area contributed by atoms with Crippen molar-refractivity contribution in [2.24, 2.45) is 0 Å². The molecule has 0 heterocycles. The Kier molecular flexibility index (Phi) is 5.43. The molecule has 0 saturated heterocycles. The molecule has 2 nitrogen and oxygen atoms in total. The van der Waals surface area contributed by atoms with Crippen LogP contribution < -0.4 is 10.5 Å². The molecule has 2 N–H and O–H groups in total. The molecular weight excluding hydrogens is 346 g/mol. The zero-order valence-electron chi connectivity index (χ0n) is 10.1. The summed E-state index contributed by atoms with van der Waals surface area (Å²) < 4.78 is 6.68. The first-order chi connectivity index (χ1) is 9.15. The Hall–Kier alpha value is -0.840. The van der Waals surface area contributed by atoms with Gasteiger partial charge in [-0.2, -0.15) is 0 Å². The van der Waals surface area contributed by atoms with Crippen molar-refractivity contribution in [3.05, 3.63) is 52.0 Å². The smallest absolute Gasteiger partial charge is 0.119 e. The molecule has 5 heteroatoms. The van der Waals surface area contributed by atoms with Crippen molar-refractivity contribution in [1.82, 2.24) is 0 Å². The normalized spacial score (nSPS) is 10.4. The molecular formula is C14H13BrClNOS. The van der Waals surface area contributed by atoms with E-state index in [1.165, 1.54) is 0 Å². The fourth-order valence-corrected chi connectivity index (χ4v) is 2.84. The van der Waals surface area contributed by atoms with Gasteiger partial charge in [-0.3, -0.25) is 0 Å². The van der Waals surface area contributed by atoms with E-state index < -0.39 is 0 Å². The van der Waals surface area contributed by atoms with Gasteiger partial charge >= 0.3 is 0 Å². The Bertz CT molecular complexity index is 548. The maximum Gasteiger partial charge on any atom is 0.119 e. The summed E-state index contributed by atoms with van der Waals surface area (Å²) in [4.78, 5) is 1.02. The quantitative estimate of drug-likeness (QED) is 0.471. The molecule has 19 heavy (non-hydrogen) atoms. The minimum Gasteiger partial charge on any atom is -0.493 e. The Labute approximate surface area is 130 Å². The van der Waals surface area contributed by atoms with Gasteiger partial charge in [0.15, 0.2) is 0 Å². The Morgan fingerprint density at radius 3 is 2.58 bits per heavy atom. The number of hydrogen-bond acceptors (Lipinski definition) is 3. The van der Waals surface area contributed by atoms with Gasteiger partial charge in [0.2, 0.25) is 0 Å². The summed E-state index contributed by atoms with van der Waals surface area (Å²) >= 11 is 11.1. The van der Waals surface area contributed by atoms with Crippen LogP contribution in [0.15, 0.2) is 51.8 Å². The van der Waals surface area contributed by atoms with Crippen LogP contribution in [0.4, 0.5) is 5.69 Å². The minimum atomic E-state index is 0.632. The van der Waals surface area contributed by atoms with E-state index in [1.807, 2.05) is 36.4 Å². The van der Waals surface area contributed by atoms with Crippen LogP contribution >= 0.6 is 39.3 Å². The van der Waals surface area contributed by atoms with E-state index in [2.05, 4.69) is 15.9 Å². The zero-order chi connectivity index (χ0) is 13.7. The van der Waals surface area contributed by atoms with Crippen LogP contribution in [0, 0.1) is 0 Å². The van der Waals surface area contributed by atoms with Crippen LogP contribution in [0.5, 0.6) is 5.75 Å². The summed E-state index contributed by atoms with van der Waals surface area (Å²) in [5.74, 6) is 1.70. The minimum absolute atomic E-state index is 0.632. The summed E-state index contributed by atoms with van der Waals surface area (Å²) in [6, 6.07) is 13.3. The van der Waals surface area contributed by atoms with E-state index >= 15 is 0 Å². The summed E-state index contributed by atoms with van der Waals surface area (Å²) in [6.45, 7) is 0.632. The first-order valence-corrected chi connectivity index (χ1v) is 7.87. The van der Waals surface area contributed by atoms with Crippen molar-refractivity contribution < 1.29 is 4.74 Å². The fraction of sp³-hybridized carbons (Fsp3) is 0.143. The van der Waals surface area contributed by atoms with Crippen LogP contribution in [0.25, 0.3) is 0 Å². The van der Waals surface area contributed by atoms with Crippen LogP contribution in [0.3, 0.4) is 0 Å². The SMILES string of the molecule is Nc1ccc(SCCOc2ccc(Br)cc2)c(Cl)c1. The van der Waals surface area contributed by atoms with Crippen molar-refractivity contribution in [3.63, 3.8) is 0 Å². The fourth-order valence-electron chi connectivity index (χ4n) is 1.48. The zero-order valence-corrected chi connectivity index (χ0v) is 13.3.